The van der Waals surface area contributed by atoms with Crippen LogP contribution in [0.3, 0.4) is 0 Å². The molecule has 1 atom stereocenters. The van der Waals surface area contributed by atoms with Gasteiger partial charge in [0, 0.05) is 6.42 Å². The van der Waals surface area contributed by atoms with Gasteiger partial charge in [-0.05, 0) is 24.1 Å². The van der Waals surface area contributed by atoms with Gasteiger partial charge in [-0.25, -0.2) is 4.79 Å². The third-order valence-electron chi connectivity index (χ3n) is 2.86. The lowest BCUT2D eigenvalue weighted by Crippen LogP contribution is -2.23. The number of carboxylic acids is 1. The van der Waals surface area contributed by atoms with Gasteiger partial charge in [-0.1, -0.05) is 48.5 Å². The first-order valence-electron chi connectivity index (χ1n) is 6.18. The van der Waals surface area contributed by atoms with Crippen LogP contribution in [-0.2, 0) is 11.2 Å². The van der Waals surface area contributed by atoms with Crippen LogP contribution in [0.4, 0.5) is 0 Å². The molecule has 3 heteroatoms. The number of ether oxygens (including phenoxy) is 1. The Morgan fingerprint density at radius 1 is 1.11 bits per heavy atom. The Balaban J connectivity index is 2.19. The number of hydrogen-bond donors (Lipinski definition) is 1. The molecule has 0 radical (unpaired) electrons. The molecular formula is C16H16O3. The summed E-state index contributed by atoms with van der Waals surface area (Å²) >= 11 is 0. The molecule has 0 fully saturated rings. The van der Waals surface area contributed by atoms with Crippen molar-refractivity contribution in [1.82, 2.24) is 0 Å². The molecule has 0 aromatic heterocycles. The molecule has 19 heavy (non-hydrogen) atoms. The van der Waals surface area contributed by atoms with Gasteiger partial charge in [-0.2, -0.15) is 0 Å². The third-order valence-corrected chi connectivity index (χ3v) is 2.86. The highest BCUT2D eigenvalue weighted by molar-refractivity contribution is 5.72. The zero-order valence-corrected chi connectivity index (χ0v) is 10.7. The van der Waals surface area contributed by atoms with Gasteiger partial charge in [-0.3, -0.25) is 0 Å². The van der Waals surface area contributed by atoms with E-state index in [2.05, 4.69) is 0 Å². The Hall–Kier alpha value is -2.29. The van der Waals surface area contributed by atoms with Crippen molar-refractivity contribution in [3.8, 4) is 5.75 Å². The summed E-state index contributed by atoms with van der Waals surface area (Å²) in [6, 6.07) is 17.5. The van der Waals surface area contributed by atoms with Crippen LogP contribution in [0.25, 0.3) is 0 Å². The fourth-order valence-electron chi connectivity index (χ4n) is 1.82. The largest absolute Gasteiger partial charge is 0.479 e. The van der Waals surface area contributed by atoms with E-state index in [0.717, 1.165) is 12.0 Å². The Bertz CT molecular complexity index is 549. The number of rotatable bonds is 5. The fraction of sp³-hybridized carbons (Fsp3) is 0.188. The number of benzene rings is 2. The zero-order chi connectivity index (χ0) is 13.7. The van der Waals surface area contributed by atoms with Crippen LogP contribution in [0.2, 0.25) is 0 Å². The summed E-state index contributed by atoms with van der Waals surface area (Å²) in [5.41, 5.74) is 2.16. The normalized spacial score (nSPS) is 11.8. The van der Waals surface area contributed by atoms with Crippen molar-refractivity contribution in [2.75, 3.05) is 0 Å². The number of hydrogen-bond acceptors (Lipinski definition) is 2. The number of aliphatic carboxylic acids is 1. The second-order valence-corrected chi connectivity index (χ2v) is 4.37. The fourth-order valence-corrected chi connectivity index (χ4v) is 1.82. The molecule has 1 N–H and O–H groups in total. The Morgan fingerprint density at radius 2 is 1.74 bits per heavy atom. The first kappa shape index (κ1) is 13.1. The monoisotopic (exact) mass is 256 g/mol. The second kappa shape index (κ2) is 6.05. The average Bonchev–Trinajstić information content (AvgIpc) is 2.42. The molecule has 2 rings (SSSR count). The maximum Gasteiger partial charge on any atom is 0.344 e. The van der Waals surface area contributed by atoms with Gasteiger partial charge < -0.3 is 9.84 Å². The van der Waals surface area contributed by atoms with Crippen molar-refractivity contribution in [2.24, 2.45) is 0 Å². The average molecular weight is 256 g/mol. The predicted octanol–water partition coefficient (Wildman–Crippen LogP) is 3.13. The number of para-hydroxylation sites is 1. The minimum Gasteiger partial charge on any atom is -0.479 e. The van der Waals surface area contributed by atoms with Crippen LogP contribution in [0.5, 0.6) is 5.75 Å². The molecule has 0 aliphatic rings. The van der Waals surface area contributed by atoms with Crippen LogP contribution >= 0.6 is 0 Å². The van der Waals surface area contributed by atoms with Crippen LogP contribution in [0, 0.1) is 0 Å². The molecule has 0 amide bonds. The van der Waals surface area contributed by atoms with E-state index < -0.39 is 12.1 Å². The van der Waals surface area contributed by atoms with E-state index >= 15 is 0 Å². The SMILES string of the molecule is C[C@H](Oc1ccccc1Cc1ccccc1)C(=O)O. The Kier molecular flexibility index (Phi) is 4.18. The van der Waals surface area contributed by atoms with Gasteiger partial charge in [0.1, 0.15) is 5.75 Å². The summed E-state index contributed by atoms with van der Waals surface area (Å²) in [5, 5.41) is 8.90. The topological polar surface area (TPSA) is 46.5 Å². The molecule has 2 aromatic carbocycles. The Morgan fingerprint density at radius 3 is 2.42 bits per heavy atom. The molecule has 0 aliphatic heterocycles. The van der Waals surface area contributed by atoms with E-state index in [1.165, 1.54) is 12.5 Å². The lowest BCUT2D eigenvalue weighted by atomic mass is 10.0. The lowest BCUT2D eigenvalue weighted by molar-refractivity contribution is -0.144. The van der Waals surface area contributed by atoms with Gasteiger partial charge in [0.25, 0.3) is 0 Å². The summed E-state index contributed by atoms with van der Waals surface area (Å²) in [7, 11) is 0. The van der Waals surface area contributed by atoms with Crippen LogP contribution in [0.1, 0.15) is 18.1 Å². The van der Waals surface area contributed by atoms with Crippen molar-refractivity contribution in [1.29, 1.82) is 0 Å². The van der Waals surface area contributed by atoms with Crippen LogP contribution in [-0.4, -0.2) is 17.2 Å². The van der Waals surface area contributed by atoms with Gasteiger partial charge in [0.05, 0.1) is 0 Å². The van der Waals surface area contributed by atoms with Gasteiger partial charge in [-0.15, -0.1) is 0 Å². The van der Waals surface area contributed by atoms with Crippen molar-refractivity contribution in [2.45, 2.75) is 19.4 Å². The van der Waals surface area contributed by atoms with Gasteiger partial charge >= 0.3 is 5.97 Å². The van der Waals surface area contributed by atoms with E-state index in [-0.39, 0.29) is 0 Å². The standard InChI is InChI=1S/C16H16O3/c1-12(16(17)18)19-15-10-6-5-9-14(15)11-13-7-3-2-4-8-13/h2-10,12H,11H2,1H3,(H,17,18)/t12-/m0/s1. The summed E-state index contributed by atoms with van der Waals surface area (Å²) in [6.07, 6.45) is -0.125. The van der Waals surface area contributed by atoms with Gasteiger partial charge in [0.2, 0.25) is 0 Å². The molecule has 0 spiro atoms. The number of carboxylic acid groups (broad SMARTS) is 1. The summed E-state index contributed by atoms with van der Waals surface area (Å²) in [6.45, 7) is 1.53. The van der Waals surface area contributed by atoms with E-state index in [0.29, 0.717) is 5.75 Å². The van der Waals surface area contributed by atoms with E-state index in [1.807, 2.05) is 48.5 Å². The molecule has 0 bridgehead atoms. The van der Waals surface area contributed by atoms with Crippen molar-refractivity contribution >= 4 is 5.97 Å². The maximum atomic E-state index is 10.8. The smallest absolute Gasteiger partial charge is 0.344 e. The zero-order valence-electron chi connectivity index (χ0n) is 10.7. The summed E-state index contributed by atoms with van der Waals surface area (Å²) in [4.78, 5) is 10.8. The van der Waals surface area contributed by atoms with Crippen molar-refractivity contribution in [3.05, 3.63) is 65.7 Å². The van der Waals surface area contributed by atoms with Gasteiger partial charge in [0.15, 0.2) is 6.10 Å². The molecule has 98 valence electrons. The second-order valence-electron chi connectivity index (χ2n) is 4.37. The molecule has 0 unspecified atom stereocenters. The van der Waals surface area contributed by atoms with Crippen LogP contribution < -0.4 is 4.74 Å². The summed E-state index contributed by atoms with van der Waals surface area (Å²) in [5.74, 6) is -0.337. The van der Waals surface area contributed by atoms with E-state index in [9.17, 15) is 4.79 Å². The molecular weight excluding hydrogens is 240 g/mol. The third kappa shape index (κ3) is 3.58. The Labute approximate surface area is 112 Å². The minimum atomic E-state index is -0.963. The van der Waals surface area contributed by atoms with Crippen molar-refractivity contribution in [3.63, 3.8) is 0 Å². The quantitative estimate of drug-likeness (QED) is 0.894. The molecule has 0 saturated heterocycles. The molecule has 3 nitrogen and oxygen atoms in total. The van der Waals surface area contributed by atoms with E-state index in [1.54, 1.807) is 6.07 Å². The molecule has 0 heterocycles. The highest BCUT2D eigenvalue weighted by Gasteiger charge is 2.14. The first-order chi connectivity index (χ1) is 9.16. The van der Waals surface area contributed by atoms with Crippen LogP contribution in [0.15, 0.2) is 54.6 Å². The molecule has 2 aromatic rings. The molecule has 0 aliphatic carbocycles. The minimum absolute atomic E-state index is 0.626. The summed E-state index contributed by atoms with van der Waals surface area (Å²) < 4.78 is 5.48. The highest BCUT2D eigenvalue weighted by atomic mass is 16.5. The van der Waals surface area contributed by atoms with E-state index in [4.69, 9.17) is 9.84 Å². The maximum absolute atomic E-state index is 10.8. The predicted molar refractivity (Wildman–Crippen MR) is 73.4 cm³/mol. The lowest BCUT2D eigenvalue weighted by Gasteiger charge is -2.14. The first-order valence-corrected chi connectivity index (χ1v) is 6.18. The van der Waals surface area contributed by atoms with Crippen molar-refractivity contribution < 1.29 is 14.6 Å². The molecule has 0 saturated carbocycles. The number of carbonyl (C=O) groups is 1. The highest BCUT2D eigenvalue weighted by Crippen LogP contribution is 2.22.